The number of thiol groups is 1. The Balaban J connectivity index is 3.22. The lowest BCUT2D eigenvalue weighted by Crippen LogP contribution is -2.01. The normalized spacial score (nSPS) is 12.2. The molecule has 0 aromatic carbocycles. The van der Waals surface area contributed by atoms with E-state index in [-0.39, 0.29) is 0 Å². The van der Waals surface area contributed by atoms with Gasteiger partial charge < -0.3 is 0 Å². The molecule has 0 saturated carbocycles. The maximum absolute atomic E-state index is 3.90. The van der Waals surface area contributed by atoms with E-state index in [0.717, 1.165) is 6.54 Å². The van der Waals surface area contributed by atoms with Gasteiger partial charge in [0.15, 0.2) is 5.55 Å². The van der Waals surface area contributed by atoms with Gasteiger partial charge in [0, 0.05) is 0 Å². The van der Waals surface area contributed by atoms with E-state index in [0.29, 0.717) is 0 Å². The van der Waals surface area contributed by atoms with Crippen molar-refractivity contribution < 1.29 is 4.58 Å². The topological polar surface area (TPSA) is 3.01 Å². The van der Waals surface area contributed by atoms with Crippen molar-refractivity contribution in [1.29, 1.82) is 0 Å². The van der Waals surface area contributed by atoms with Crippen LogP contribution in [0.1, 0.15) is 6.92 Å². The molecule has 0 spiro atoms. The number of hydrogen-bond acceptors (Lipinski definition) is 0. The second-order valence-electron chi connectivity index (χ2n) is 1.19. The van der Waals surface area contributed by atoms with E-state index in [1.165, 1.54) is 0 Å². The third-order valence-corrected chi connectivity index (χ3v) is 1.09. The van der Waals surface area contributed by atoms with Crippen molar-refractivity contribution in [2.45, 2.75) is 6.92 Å². The first-order valence-electron chi connectivity index (χ1n) is 1.99. The number of rotatable bonds is 1. The standard InChI is InChI=1S/C4H9NS/c1-3-5(2)4-6/h4H,3H2,1-2H3/p+1. The average Bonchev–Trinajstić information content (AvgIpc) is 1.65. The lowest BCUT2D eigenvalue weighted by atomic mass is 10.7. The van der Waals surface area contributed by atoms with E-state index in [1.54, 1.807) is 5.55 Å². The van der Waals surface area contributed by atoms with E-state index in [2.05, 4.69) is 19.6 Å². The Labute approximate surface area is 44.1 Å². The first kappa shape index (κ1) is 6.02. The summed E-state index contributed by atoms with van der Waals surface area (Å²) in [6.07, 6.45) is 0. The molecule has 0 radical (unpaired) electrons. The van der Waals surface area contributed by atoms with Gasteiger partial charge in [0.05, 0.1) is 0 Å². The predicted molar refractivity (Wildman–Crippen MR) is 31.8 cm³/mol. The molecule has 6 heavy (non-hydrogen) atoms. The molecule has 0 saturated heterocycles. The quantitative estimate of drug-likeness (QED) is 0.215. The maximum Gasteiger partial charge on any atom is 0.194 e. The Morgan fingerprint density at radius 3 is 2.33 bits per heavy atom. The van der Waals surface area contributed by atoms with Crippen LogP contribution in [0.5, 0.6) is 0 Å². The van der Waals surface area contributed by atoms with E-state index in [9.17, 15) is 0 Å². The highest BCUT2D eigenvalue weighted by Gasteiger charge is 1.78. The molecule has 1 nitrogen and oxygen atoms in total. The highest BCUT2D eigenvalue weighted by molar-refractivity contribution is 7.94. The molecule has 0 N–H and O–H groups in total. The second-order valence-corrected chi connectivity index (χ2v) is 1.42. The highest BCUT2D eigenvalue weighted by atomic mass is 32.1. The van der Waals surface area contributed by atoms with Crippen LogP contribution in [0.2, 0.25) is 0 Å². The first-order chi connectivity index (χ1) is 2.81. The van der Waals surface area contributed by atoms with Crippen LogP contribution < -0.4 is 0 Å². The summed E-state index contributed by atoms with van der Waals surface area (Å²) in [6.45, 7) is 3.11. The van der Waals surface area contributed by atoms with Crippen LogP contribution in [0.3, 0.4) is 0 Å². The molecule has 0 aromatic heterocycles. The van der Waals surface area contributed by atoms with E-state index in [4.69, 9.17) is 0 Å². The lowest BCUT2D eigenvalue weighted by molar-refractivity contribution is -0.485. The average molecular weight is 104 g/mol. The SMILES string of the molecule is CC[N+](C)=CS. The summed E-state index contributed by atoms with van der Waals surface area (Å²) >= 11 is 3.90. The van der Waals surface area contributed by atoms with Crippen LogP contribution >= 0.6 is 12.6 Å². The first-order valence-corrected chi connectivity index (χ1v) is 2.50. The number of hydrogen-bond donors (Lipinski definition) is 1. The van der Waals surface area contributed by atoms with Crippen molar-refractivity contribution in [2.75, 3.05) is 13.6 Å². The van der Waals surface area contributed by atoms with Crippen LogP contribution in [0.25, 0.3) is 0 Å². The van der Waals surface area contributed by atoms with E-state index >= 15 is 0 Å². The molecule has 0 bridgehead atoms. The fraction of sp³-hybridized carbons (Fsp3) is 0.750. The third-order valence-electron chi connectivity index (χ3n) is 0.696. The largest absolute Gasteiger partial charge is 0.234 e. The molecule has 0 heterocycles. The molecule has 0 amide bonds. The van der Waals surface area contributed by atoms with Gasteiger partial charge in [0.25, 0.3) is 0 Å². The Bertz CT molecular complexity index is 58.6. The Hall–Kier alpha value is 0.0200. The summed E-state index contributed by atoms with van der Waals surface area (Å²) in [5.41, 5.74) is 1.75. The Morgan fingerprint density at radius 2 is 2.33 bits per heavy atom. The summed E-state index contributed by atoms with van der Waals surface area (Å²) in [4.78, 5) is 0. The van der Waals surface area contributed by atoms with Gasteiger partial charge in [-0.2, -0.15) is 0 Å². The van der Waals surface area contributed by atoms with Gasteiger partial charge in [0.2, 0.25) is 0 Å². The molecule has 0 aliphatic rings. The summed E-state index contributed by atoms with van der Waals surface area (Å²) in [5, 5.41) is 0. The molecule has 0 rings (SSSR count). The smallest absolute Gasteiger partial charge is 0.194 e. The van der Waals surface area contributed by atoms with Gasteiger partial charge in [-0.3, -0.25) is 0 Å². The lowest BCUT2D eigenvalue weighted by Gasteiger charge is -1.81. The van der Waals surface area contributed by atoms with Gasteiger partial charge >= 0.3 is 0 Å². The van der Waals surface area contributed by atoms with Gasteiger partial charge in [-0.15, -0.1) is 0 Å². The Kier molecular flexibility index (Phi) is 3.23. The van der Waals surface area contributed by atoms with E-state index < -0.39 is 0 Å². The molecule has 36 valence electrons. The predicted octanol–water partition coefficient (Wildman–Crippen LogP) is 0.607. The van der Waals surface area contributed by atoms with Crippen LogP contribution in [-0.2, 0) is 0 Å². The van der Waals surface area contributed by atoms with Crippen LogP contribution in [0, 0.1) is 0 Å². The molecule has 0 fully saturated rings. The number of nitrogens with zero attached hydrogens (tertiary/aromatic N) is 1. The zero-order valence-electron chi connectivity index (χ0n) is 4.18. The fourth-order valence-electron chi connectivity index (χ4n) is 0.0816. The van der Waals surface area contributed by atoms with Crippen molar-refractivity contribution in [1.82, 2.24) is 0 Å². The van der Waals surface area contributed by atoms with Gasteiger partial charge in [0.1, 0.15) is 13.6 Å². The Morgan fingerprint density at radius 1 is 1.83 bits per heavy atom. The van der Waals surface area contributed by atoms with Gasteiger partial charge in [-0.1, -0.05) is 12.6 Å². The van der Waals surface area contributed by atoms with Crippen molar-refractivity contribution in [3.05, 3.63) is 0 Å². The zero-order valence-corrected chi connectivity index (χ0v) is 5.07. The van der Waals surface area contributed by atoms with Crippen LogP contribution in [0.15, 0.2) is 0 Å². The summed E-state index contributed by atoms with van der Waals surface area (Å²) in [6, 6.07) is 0. The zero-order chi connectivity index (χ0) is 4.99. The molecule has 0 unspecified atom stereocenters. The fourth-order valence-corrected chi connectivity index (χ4v) is 0.245. The minimum absolute atomic E-state index is 1.03. The van der Waals surface area contributed by atoms with Gasteiger partial charge in [-0.25, -0.2) is 4.58 Å². The highest BCUT2D eigenvalue weighted by Crippen LogP contribution is 1.63. The van der Waals surface area contributed by atoms with Crippen molar-refractivity contribution in [3.8, 4) is 0 Å². The summed E-state index contributed by atoms with van der Waals surface area (Å²) in [5.74, 6) is 0. The molecule has 0 aromatic rings. The molecular formula is C4H10NS+. The van der Waals surface area contributed by atoms with Crippen molar-refractivity contribution in [2.24, 2.45) is 0 Å². The molecule has 2 heteroatoms. The van der Waals surface area contributed by atoms with Crippen LogP contribution in [-0.4, -0.2) is 23.7 Å². The molecule has 0 aliphatic heterocycles. The summed E-state index contributed by atoms with van der Waals surface area (Å²) < 4.78 is 1.99. The van der Waals surface area contributed by atoms with Crippen molar-refractivity contribution >= 4 is 18.2 Å². The maximum atomic E-state index is 3.90. The monoisotopic (exact) mass is 104 g/mol. The van der Waals surface area contributed by atoms with E-state index in [1.807, 2.05) is 11.6 Å². The molecular weight excluding hydrogens is 94.1 g/mol. The minimum atomic E-state index is 1.03. The summed E-state index contributed by atoms with van der Waals surface area (Å²) in [7, 11) is 1.98. The van der Waals surface area contributed by atoms with Crippen LogP contribution in [0.4, 0.5) is 0 Å². The van der Waals surface area contributed by atoms with Gasteiger partial charge in [-0.05, 0) is 6.92 Å². The minimum Gasteiger partial charge on any atom is -0.234 e. The molecule has 0 atom stereocenters. The second kappa shape index (κ2) is 3.22. The third kappa shape index (κ3) is 2.27. The molecule has 0 aliphatic carbocycles. The van der Waals surface area contributed by atoms with Crippen molar-refractivity contribution in [3.63, 3.8) is 0 Å².